The molecule has 0 aliphatic heterocycles. The van der Waals surface area contributed by atoms with E-state index in [1.54, 1.807) is 13.0 Å². The maximum absolute atomic E-state index is 12.3. The number of hydrogen-bond donors (Lipinski definition) is 1. The molecule has 0 aliphatic rings. The van der Waals surface area contributed by atoms with E-state index in [9.17, 15) is 4.79 Å². The minimum absolute atomic E-state index is 0.228. The van der Waals surface area contributed by atoms with Gasteiger partial charge in [0.15, 0.2) is 6.10 Å². The fourth-order valence-electron chi connectivity index (χ4n) is 2.31. The van der Waals surface area contributed by atoms with Crippen LogP contribution in [0.15, 0.2) is 36.4 Å². The molecule has 0 aliphatic carbocycles. The van der Waals surface area contributed by atoms with E-state index in [1.807, 2.05) is 51.1 Å². The quantitative estimate of drug-likeness (QED) is 0.819. The first-order chi connectivity index (χ1) is 11.4. The summed E-state index contributed by atoms with van der Waals surface area (Å²) >= 11 is 6.15. The second-order valence-electron chi connectivity index (χ2n) is 5.58. The molecule has 128 valence electrons. The molecule has 0 bridgehead atoms. The van der Waals surface area contributed by atoms with Crippen LogP contribution in [0.4, 0.5) is 5.69 Å². The van der Waals surface area contributed by atoms with Gasteiger partial charge in [0.25, 0.3) is 5.91 Å². The summed E-state index contributed by atoms with van der Waals surface area (Å²) in [6.45, 7) is 8.02. The monoisotopic (exact) mass is 347 g/mol. The van der Waals surface area contributed by atoms with Gasteiger partial charge in [0.05, 0.1) is 6.61 Å². The molecule has 4 nitrogen and oxygen atoms in total. The minimum Gasteiger partial charge on any atom is -0.494 e. The zero-order chi connectivity index (χ0) is 17.7. The number of halogens is 1. The molecule has 2 aromatic carbocycles. The first kappa shape index (κ1) is 18.1. The van der Waals surface area contributed by atoms with E-state index in [1.165, 1.54) is 0 Å². The van der Waals surface area contributed by atoms with Crippen molar-refractivity contribution in [1.82, 2.24) is 0 Å². The minimum atomic E-state index is -0.638. The Balaban J connectivity index is 2.03. The van der Waals surface area contributed by atoms with Crippen molar-refractivity contribution in [3.8, 4) is 11.5 Å². The van der Waals surface area contributed by atoms with Crippen LogP contribution in [-0.4, -0.2) is 18.6 Å². The van der Waals surface area contributed by atoms with E-state index in [0.29, 0.717) is 28.8 Å². The van der Waals surface area contributed by atoms with Gasteiger partial charge in [0.2, 0.25) is 0 Å². The Labute approximate surface area is 147 Å². The van der Waals surface area contributed by atoms with Crippen LogP contribution in [0, 0.1) is 13.8 Å². The van der Waals surface area contributed by atoms with Crippen molar-refractivity contribution >= 4 is 23.2 Å². The van der Waals surface area contributed by atoms with Crippen LogP contribution in [0.1, 0.15) is 25.0 Å². The van der Waals surface area contributed by atoms with Crippen molar-refractivity contribution < 1.29 is 14.3 Å². The van der Waals surface area contributed by atoms with Crippen LogP contribution in [0.5, 0.6) is 11.5 Å². The van der Waals surface area contributed by atoms with Crippen LogP contribution in [0.3, 0.4) is 0 Å². The van der Waals surface area contributed by atoms with Gasteiger partial charge >= 0.3 is 0 Å². The summed E-state index contributed by atoms with van der Waals surface area (Å²) in [6, 6.07) is 10.9. The third-order valence-corrected chi connectivity index (χ3v) is 4.10. The summed E-state index contributed by atoms with van der Waals surface area (Å²) in [5.74, 6) is 1.11. The van der Waals surface area contributed by atoms with E-state index < -0.39 is 6.10 Å². The molecular formula is C19H22ClNO3. The van der Waals surface area contributed by atoms with Gasteiger partial charge < -0.3 is 14.8 Å². The molecule has 0 saturated carbocycles. The number of carbonyl (C=O) groups is 1. The lowest BCUT2D eigenvalue weighted by Gasteiger charge is -2.16. The highest BCUT2D eigenvalue weighted by molar-refractivity contribution is 6.32. The Morgan fingerprint density at radius 3 is 2.46 bits per heavy atom. The van der Waals surface area contributed by atoms with Crippen molar-refractivity contribution in [1.29, 1.82) is 0 Å². The van der Waals surface area contributed by atoms with Gasteiger partial charge in [0.1, 0.15) is 11.5 Å². The normalized spacial score (nSPS) is 11.7. The standard InChI is InChI=1S/C19H22ClNO3/c1-5-23-16-8-6-7-15(11-16)21-19(22)14(4)24-17-9-12(2)18(20)13(3)10-17/h6-11,14H,5H2,1-4H3,(H,21,22). The number of amides is 1. The van der Waals surface area contributed by atoms with E-state index in [2.05, 4.69) is 5.32 Å². The van der Waals surface area contributed by atoms with Crippen LogP contribution in [-0.2, 0) is 4.79 Å². The molecule has 1 amide bonds. The number of anilines is 1. The van der Waals surface area contributed by atoms with E-state index >= 15 is 0 Å². The van der Waals surface area contributed by atoms with Crippen LogP contribution in [0.25, 0.3) is 0 Å². The molecule has 2 rings (SSSR count). The molecule has 1 N–H and O–H groups in total. The van der Waals surface area contributed by atoms with Gasteiger partial charge in [-0.2, -0.15) is 0 Å². The third-order valence-electron chi connectivity index (χ3n) is 3.50. The molecule has 0 aromatic heterocycles. The molecule has 0 saturated heterocycles. The Kier molecular flexibility index (Phi) is 6.10. The molecule has 5 heteroatoms. The van der Waals surface area contributed by atoms with Crippen molar-refractivity contribution in [2.24, 2.45) is 0 Å². The molecular weight excluding hydrogens is 326 g/mol. The van der Waals surface area contributed by atoms with Crippen molar-refractivity contribution in [2.75, 3.05) is 11.9 Å². The van der Waals surface area contributed by atoms with Gasteiger partial charge in [-0.05, 0) is 63.1 Å². The predicted octanol–water partition coefficient (Wildman–Crippen LogP) is 4.76. The molecule has 24 heavy (non-hydrogen) atoms. The number of benzene rings is 2. The molecule has 2 aromatic rings. The topological polar surface area (TPSA) is 47.6 Å². The molecule has 1 unspecified atom stereocenters. The average Bonchev–Trinajstić information content (AvgIpc) is 2.53. The van der Waals surface area contributed by atoms with Gasteiger partial charge in [-0.25, -0.2) is 0 Å². The molecule has 0 fully saturated rings. The molecule has 0 heterocycles. The maximum atomic E-state index is 12.3. The van der Waals surface area contributed by atoms with E-state index in [4.69, 9.17) is 21.1 Å². The largest absolute Gasteiger partial charge is 0.494 e. The number of aryl methyl sites for hydroxylation is 2. The van der Waals surface area contributed by atoms with Crippen molar-refractivity contribution in [3.05, 3.63) is 52.5 Å². The number of carbonyl (C=O) groups excluding carboxylic acids is 1. The Morgan fingerprint density at radius 1 is 1.17 bits per heavy atom. The highest BCUT2D eigenvalue weighted by atomic mass is 35.5. The second kappa shape index (κ2) is 8.06. The highest BCUT2D eigenvalue weighted by Crippen LogP contribution is 2.26. The van der Waals surface area contributed by atoms with Gasteiger partial charge in [0, 0.05) is 16.8 Å². The molecule has 0 radical (unpaired) electrons. The number of hydrogen-bond acceptors (Lipinski definition) is 3. The maximum Gasteiger partial charge on any atom is 0.265 e. The Morgan fingerprint density at radius 2 is 1.83 bits per heavy atom. The van der Waals surface area contributed by atoms with Crippen molar-refractivity contribution in [2.45, 2.75) is 33.8 Å². The average molecular weight is 348 g/mol. The van der Waals surface area contributed by atoms with Gasteiger partial charge in [-0.3, -0.25) is 4.79 Å². The Bertz CT molecular complexity index is 707. The lowest BCUT2D eigenvalue weighted by Crippen LogP contribution is -2.30. The van der Waals surface area contributed by atoms with Gasteiger partial charge in [-0.15, -0.1) is 0 Å². The lowest BCUT2D eigenvalue weighted by molar-refractivity contribution is -0.122. The van der Waals surface area contributed by atoms with E-state index in [-0.39, 0.29) is 5.91 Å². The first-order valence-corrected chi connectivity index (χ1v) is 8.25. The second-order valence-corrected chi connectivity index (χ2v) is 5.96. The van der Waals surface area contributed by atoms with E-state index in [0.717, 1.165) is 11.1 Å². The van der Waals surface area contributed by atoms with Crippen LogP contribution >= 0.6 is 11.6 Å². The van der Waals surface area contributed by atoms with Gasteiger partial charge in [-0.1, -0.05) is 17.7 Å². The number of rotatable bonds is 6. The Hall–Kier alpha value is -2.20. The predicted molar refractivity (Wildman–Crippen MR) is 97.3 cm³/mol. The first-order valence-electron chi connectivity index (χ1n) is 7.87. The summed E-state index contributed by atoms with van der Waals surface area (Å²) in [7, 11) is 0. The molecule has 1 atom stereocenters. The highest BCUT2D eigenvalue weighted by Gasteiger charge is 2.16. The summed E-state index contributed by atoms with van der Waals surface area (Å²) in [6.07, 6.45) is -0.638. The van der Waals surface area contributed by atoms with Crippen LogP contribution in [0.2, 0.25) is 5.02 Å². The number of ether oxygens (including phenoxy) is 2. The summed E-state index contributed by atoms with van der Waals surface area (Å²) in [5, 5.41) is 3.55. The zero-order valence-corrected chi connectivity index (χ0v) is 15.1. The fourth-order valence-corrected chi connectivity index (χ4v) is 2.42. The SMILES string of the molecule is CCOc1cccc(NC(=O)C(C)Oc2cc(C)c(Cl)c(C)c2)c1. The summed E-state index contributed by atoms with van der Waals surface area (Å²) < 4.78 is 11.2. The zero-order valence-electron chi connectivity index (χ0n) is 14.4. The summed E-state index contributed by atoms with van der Waals surface area (Å²) in [4.78, 5) is 12.3. The summed E-state index contributed by atoms with van der Waals surface area (Å²) in [5.41, 5.74) is 2.51. The number of nitrogens with one attached hydrogen (secondary N) is 1. The van der Waals surface area contributed by atoms with Crippen LogP contribution < -0.4 is 14.8 Å². The molecule has 0 spiro atoms. The smallest absolute Gasteiger partial charge is 0.265 e. The lowest BCUT2D eigenvalue weighted by atomic mass is 10.1. The van der Waals surface area contributed by atoms with Crippen molar-refractivity contribution in [3.63, 3.8) is 0 Å². The fraction of sp³-hybridized carbons (Fsp3) is 0.316. The third kappa shape index (κ3) is 4.65.